The molecule has 2 rings (SSSR count). The summed E-state index contributed by atoms with van der Waals surface area (Å²) in [5, 5.41) is 9.06. The third kappa shape index (κ3) is 3.00. The van der Waals surface area contributed by atoms with Crippen LogP contribution in [0.25, 0.3) is 0 Å². The van der Waals surface area contributed by atoms with E-state index in [4.69, 9.17) is 5.11 Å². The number of anilines is 1. The zero-order valence-corrected chi connectivity index (χ0v) is 11.4. The van der Waals surface area contributed by atoms with Crippen LogP contribution in [0.3, 0.4) is 0 Å². The lowest BCUT2D eigenvalue weighted by molar-refractivity contribution is 0.0697. The number of carbonyl (C=O) groups is 1. The Hall–Kier alpha value is -1.03. The molecule has 0 amide bonds. The Morgan fingerprint density at radius 3 is 2.71 bits per heavy atom. The van der Waals surface area contributed by atoms with Crippen molar-refractivity contribution in [1.29, 1.82) is 0 Å². The topological polar surface area (TPSA) is 40.5 Å². The van der Waals surface area contributed by atoms with Crippen LogP contribution in [0.1, 0.15) is 36.5 Å². The number of benzene rings is 1. The molecule has 0 aromatic heterocycles. The lowest BCUT2D eigenvalue weighted by Crippen LogP contribution is -2.26. The first kappa shape index (κ1) is 12.4. The van der Waals surface area contributed by atoms with Gasteiger partial charge >= 0.3 is 5.97 Å². The first-order valence-electron chi connectivity index (χ1n) is 5.92. The molecule has 1 fully saturated rings. The van der Waals surface area contributed by atoms with Gasteiger partial charge in [-0.3, -0.25) is 0 Å². The van der Waals surface area contributed by atoms with E-state index in [0.29, 0.717) is 11.6 Å². The van der Waals surface area contributed by atoms with Crippen molar-refractivity contribution >= 4 is 27.6 Å². The van der Waals surface area contributed by atoms with Gasteiger partial charge in [0.1, 0.15) is 0 Å². The van der Waals surface area contributed by atoms with Gasteiger partial charge < -0.3 is 10.0 Å². The van der Waals surface area contributed by atoms with Crippen LogP contribution in [0.5, 0.6) is 0 Å². The van der Waals surface area contributed by atoms with Crippen LogP contribution in [-0.2, 0) is 0 Å². The summed E-state index contributed by atoms with van der Waals surface area (Å²) in [6.45, 7) is 3.13. The first-order chi connectivity index (χ1) is 8.11. The number of aromatic carboxylic acids is 1. The van der Waals surface area contributed by atoms with E-state index in [9.17, 15) is 4.79 Å². The van der Waals surface area contributed by atoms with E-state index in [1.165, 1.54) is 12.8 Å². The molecule has 0 saturated heterocycles. The zero-order valence-electron chi connectivity index (χ0n) is 9.82. The fourth-order valence-electron chi connectivity index (χ4n) is 2.01. The third-order valence-electron chi connectivity index (χ3n) is 2.91. The molecule has 0 spiro atoms. The van der Waals surface area contributed by atoms with Crippen molar-refractivity contribution in [1.82, 2.24) is 0 Å². The first-order valence-corrected chi connectivity index (χ1v) is 6.71. The smallest absolute Gasteiger partial charge is 0.335 e. The highest BCUT2D eigenvalue weighted by molar-refractivity contribution is 9.10. The van der Waals surface area contributed by atoms with Crippen molar-refractivity contribution in [3.05, 3.63) is 28.2 Å². The number of carboxylic acids is 1. The molecule has 1 aliphatic carbocycles. The summed E-state index contributed by atoms with van der Waals surface area (Å²) in [7, 11) is 0. The molecule has 17 heavy (non-hydrogen) atoms. The standard InChI is InChI=1S/C13H16BrNO2/c1-2-5-15(11-3-4-11)12-7-9(13(16)17)6-10(14)8-12/h6-8,11H,2-5H2,1H3,(H,16,17). The molecule has 1 aromatic carbocycles. The molecule has 0 atom stereocenters. The Morgan fingerprint density at radius 2 is 2.18 bits per heavy atom. The van der Waals surface area contributed by atoms with Gasteiger partial charge in [-0.15, -0.1) is 0 Å². The predicted octanol–water partition coefficient (Wildman–Crippen LogP) is 3.53. The van der Waals surface area contributed by atoms with Crippen molar-refractivity contribution in [2.24, 2.45) is 0 Å². The van der Waals surface area contributed by atoms with Gasteiger partial charge in [-0.2, -0.15) is 0 Å². The fourth-order valence-corrected chi connectivity index (χ4v) is 2.49. The summed E-state index contributed by atoms with van der Waals surface area (Å²) in [6.07, 6.45) is 3.51. The van der Waals surface area contributed by atoms with Gasteiger partial charge in [0.25, 0.3) is 0 Å². The van der Waals surface area contributed by atoms with E-state index in [2.05, 4.69) is 27.8 Å². The summed E-state index contributed by atoms with van der Waals surface area (Å²) in [4.78, 5) is 13.3. The van der Waals surface area contributed by atoms with Crippen molar-refractivity contribution in [2.75, 3.05) is 11.4 Å². The van der Waals surface area contributed by atoms with Crippen LogP contribution in [0.2, 0.25) is 0 Å². The molecular formula is C13H16BrNO2. The van der Waals surface area contributed by atoms with Gasteiger partial charge in [-0.25, -0.2) is 4.79 Å². The summed E-state index contributed by atoms with van der Waals surface area (Å²) in [5.41, 5.74) is 1.36. The molecule has 0 aliphatic heterocycles. The fraction of sp³-hybridized carbons (Fsp3) is 0.462. The van der Waals surface area contributed by atoms with Crippen LogP contribution in [0.4, 0.5) is 5.69 Å². The molecule has 92 valence electrons. The second-order valence-corrected chi connectivity index (χ2v) is 5.34. The Balaban J connectivity index is 2.31. The lowest BCUT2D eigenvalue weighted by atomic mass is 10.2. The van der Waals surface area contributed by atoms with Crippen LogP contribution in [0.15, 0.2) is 22.7 Å². The highest BCUT2D eigenvalue weighted by atomic mass is 79.9. The Morgan fingerprint density at radius 1 is 1.47 bits per heavy atom. The van der Waals surface area contributed by atoms with E-state index in [0.717, 1.165) is 23.1 Å². The quantitative estimate of drug-likeness (QED) is 0.904. The SMILES string of the molecule is CCCN(c1cc(Br)cc(C(=O)O)c1)C1CC1. The molecule has 0 heterocycles. The summed E-state index contributed by atoms with van der Waals surface area (Å²) < 4.78 is 0.828. The molecule has 4 heteroatoms. The number of hydrogen-bond donors (Lipinski definition) is 1. The van der Waals surface area contributed by atoms with Gasteiger partial charge in [0.15, 0.2) is 0 Å². The lowest BCUT2D eigenvalue weighted by Gasteiger charge is -2.24. The monoisotopic (exact) mass is 297 g/mol. The summed E-state index contributed by atoms with van der Waals surface area (Å²) in [5.74, 6) is -0.875. The second-order valence-electron chi connectivity index (χ2n) is 4.43. The van der Waals surface area contributed by atoms with Crippen LogP contribution >= 0.6 is 15.9 Å². The van der Waals surface area contributed by atoms with Gasteiger partial charge in [-0.1, -0.05) is 22.9 Å². The molecule has 1 N–H and O–H groups in total. The van der Waals surface area contributed by atoms with E-state index in [-0.39, 0.29) is 0 Å². The van der Waals surface area contributed by atoms with Crippen molar-refractivity contribution in [3.8, 4) is 0 Å². The van der Waals surface area contributed by atoms with Gasteiger partial charge in [0, 0.05) is 22.7 Å². The summed E-state index contributed by atoms with van der Waals surface area (Å²) >= 11 is 3.38. The van der Waals surface area contributed by atoms with Crippen molar-refractivity contribution in [2.45, 2.75) is 32.2 Å². The maximum atomic E-state index is 11.0. The highest BCUT2D eigenvalue weighted by Crippen LogP contribution is 2.33. The maximum Gasteiger partial charge on any atom is 0.335 e. The van der Waals surface area contributed by atoms with Crippen LogP contribution < -0.4 is 4.90 Å². The van der Waals surface area contributed by atoms with Crippen molar-refractivity contribution < 1.29 is 9.90 Å². The Labute approximate surface area is 110 Å². The molecule has 0 bridgehead atoms. The predicted molar refractivity (Wildman–Crippen MR) is 71.8 cm³/mol. The highest BCUT2D eigenvalue weighted by Gasteiger charge is 2.29. The van der Waals surface area contributed by atoms with Crippen LogP contribution in [0, 0.1) is 0 Å². The average Bonchev–Trinajstić information content (AvgIpc) is 3.08. The second kappa shape index (κ2) is 5.08. The van der Waals surface area contributed by atoms with Crippen LogP contribution in [-0.4, -0.2) is 23.7 Å². The number of rotatable bonds is 5. The van der Waals surface area contributed by atoms with E-state index in [1.54, 1.807) is 12.1 Å². The minimum atomic E-state index is -0.875. The van der Waals surface area contributed by atoms with Gasteiger partial charge in [0.2, 0.25) is 0 Å². The number of carboxylic acid groups (broad SMARTS) is 1. The molecular weight excluding hydrogens is 282 g/mol. The van der Waals surface area contributed by atoms with E-state index < -0.39 is 5.97 Å². The molecule has 0 radical (unpaired) electrons. The van der Waals surface area contributed by atoms with Gasteiger partial charge in [-0.05, 0) is 37.5 Å². The normalized spacial score (nSPS) is 14.7. The molecule has 1 saturated carbocycles. The Bertz CT molecular complexity index is 429. The third-order valence-corrected chi connectivity index (χ3v) is 3.37. The number of halogens is 1. The van der Waals surface area contributed by atoms with E-state index in [1.807, 2.05) is 6.07 Å². The zero-order chi connectivity index (χ0) is 12.4. The Kier molecular flexibility index (Phi) is 3.72. The molecule has 3 nitrogen and oxygen atoms in total. The largest absolute Gasteiger partial charge is 0.478 e. The minimum absolute atomic E-state index is 0.344. The number of hydrogen-bond acceptors (Lipinski definition) is 2. The van der Waals surface area contributed by atoms with Gasteiger partial charge in [0.05, 0.1) is 5.56 Å². The van der Waals surface area contributed by atoms with Crippen molar-refractivity contribution in [3.63, 3.8) is 0 Å². The summed E-state index contributed by atoms with van der Waals surface area (Å²) in [6, 6.07) is 6.01. The minimum Gasteiger partial charge on any atom is -0.478 e. The average molecular weight is 298 g/mol. The molecule has 1 aliphatic rings. The molecule has 0 unspecified atom stereocenters. The molecule has 1 aromatic rings. The maximum absolute atomic E-state index is 11.0. The number of nitrogens with zero attached hydrogens (tertiary/aromatic N) is 1. The van der Waals surface area contributed by atoms with E-state index >= 15 is 0 Å².